The average molecular weight is 401 g/mol. The van der Waals surface area contributed by atoms with Gasteiger partial charge in [0.1, 0.15) is 11.6 Å². The van der Waals surface area contributed by atoms with Crippen LogP contribution in [0.2, 0.25) is 0 Å². The molecule has 0 aliphatic heterocycles. The lowest BCUT2D eigenvalue weighted by atomic mass is 10.2. The van der Waals surface area contributed by atoms with Crippen molar-refractivity contribution in [3.63, 3.8) is 0 Å². The minimum absolute atomic E-state index is 0.0548. The van der Waals surface area contributed by atoms with Gasteiger partial charge in [0.2, 0.25) is 5.90 Å². The van der Waals surface area contributed by atoms with E-state index in [0.717, 1.165) is 0 Å². The molecule has 0 radical (unpaired) electrons. The van der Waals surface area contributed by atoms with E-state index in [4.69, 9.17) is 9.47 Å². The van der Waals surface area contributed by atoms with Crippen molar-refractivity contribution in [2.24, 2.45) is 4.99 Å². The summed E-state index contributed by atoms with van der Waals surface area (Å²) in [4.78, 5) is 28.8. The molecule has 0 saturated heterocycles. The molecule has 1 aromatic rings. The predicted molar refractivity (Wildman–Crippen MR) is 111 cm³/mol. The Labute approximate surface area is 169 Å². The standard InChI is InChI=1S/C21H24FN3O4/c1-5-23-20(29-4)9-6-12-24-21(27)16(15-26)8-7-13-25(2)18-11-10-17(22)14-19(18)28-3/h5-11,13-15H,1,12H2,2-4H3,(H,24,27)/b9-6-,13-7-,16-8+,23-20?. The summed E-state index contributed by atoms with van der Waals surface area (Å²) in [7, 11) is 4.63. The Morgan fingerprint density at radius 3 is 2.76 bits per heavy atom. The fraction of sp³-hybridized carbons (Fsp3) is 0.190. The topological polar surface area (TPSA) is 80.2 Å². The first-order valence-electron chi connectivity index (χ1n) is 8.54. The quantitative estimate of drug-likeness (QED) is 0.124. The number of carbonyl (C=O) groups is 2. The van der Waals surface area contributed by atoms with Crippen molar-refractivity contribution in [3.8, 4) is 5.75 Å². The molecule has 0 spiro atoms. The lowest BCUT2D eigenvalue weighted by Gasteiger charge is -2.17. The van der Waals surface area contributed by atoms with Crippen molar-refractivity contribution < 1.29 is 23.5 Å². The summed E-state index contributed by atoms with van der Waals surface area (Å²) >= 11 is 0. The van der Waals surface area contributed by atoms with Crippen LogP contribution in [0.15, 0.2) is 72.0 Å². The number of benzene rings is 1. The van der Waals surface area contributed by atoms with Gasteiger partial charge >= 0.3 is 0 Å². The maximum Gasteiger partial charge on any atom is 0.254 e. The van der Waals surface area contributed by atoms with Gasteiger partial charge in [-0.15, -0.1) is 0 Å². The molecular formula is C21H24FN3O4. The number of ether oxygens (including phenoxy) is 2. The molecule has 0 aliphatic carbocycles. The molecule has 0 saturated carbocycles. The number of allylic oxidation sites excluding steroid dienone is 2. The van der Waals surface area contributed by atoms with Gasteiger partial charge < -0.3 is 19.7 Å². The Morgan fingerprint density at radius 2 is 2.14 bits per heavy atom. The molecular weight excluding hydrogens is 377 g/mol. The molecule has 154 valence electrons. The predicted octanol–water partition coefficient (Wildman–Crippen LogP) is 2.77. The zero-order chi connectivity index (χ0) is 21.6. The Bertz CT molecular complexity index is 844. The highest BCUT2D eigenvalue weighted by Crippen LogP contribution is 2.28. The lowest BCUT2D eigenvalue weighted by Crippen LogP contribution is -2.25. The SMILES string of the molecule is C=CN=C(/C=C\CNC(=O)/C(C=O)=C/C=C\N(C)c1ccc(F)cc1OC)OC. The number of hydrogen-bond donors (Lipinski definition) is 1. The molecule has 1 amide bonds. The summed E-state index contributed by atoms with van der Waals surface area (Å²) in [6, 6.07) is 4.14. The number of halogens is 1. The number of hydrogen-bond acceptors (Lipinski definition) is 6. The molecule has 29 heavy (non-hydrogen) atoms. The molecule has 0 aliphatic rings. The van der Waals surface area contributed by atoms with Crippen LogP contribution >= 0.6 is 0 Å². The van der Waals surface area contributed by atoms with Crippen molar-refractivity contribution in [1.82, 2.24) is 5.32 Å². The minimum Gasteiger partial charge on any atom is -0.494 e. The number of nitrogens with one attached hydrogen (secondary N) is 1. The average Bonchev–Trinajstić information content (AvgIpc) is 2.72. The van der Waals surface area contributed by atoms with Gasteiger partial charge in [-0.25, -0.2) is 9.38 Å². The summed E-state index contributed by atoms with van der Waals surface area (Å²) in [6.07, 6.45) is 9.50. The van der Waals surface area contributed by atoms with Gasteiger partial charge in [0, 0.05) is 32.1 Å². The van der Waals surface area contributed by atoms with E-state index in [9.17, 15) is 14.0 Å². The number of amides is 1. The number of nitrogens with zero attached hydrogens (tertiary/aromatic N) is 2. The van der Waals surface area contributed by atoms with E-state index in [1.54, 1.807) is 36.4 Å². The monoisotopic (exact) mass is 401 g/mol. The van der Waals surface area contributed by atoms with E-state index in [0.29, 0.717) is 23.6 Å². The highest BCUT2D eigenvalue weighted by atomic mass is 19.1. The molecule has 0 heterocycles. The second kappa shape index (κ2) is 12.7. The van der Waals surface area contributed by atoms with Crippen molar-refractivity contribution in [2.75, 3.05) is 32.7 Å². The molecule has 7 nitrogen and oxygen atoms in total. The van der Waals surface area contributed by atoms with Crippen LogP contribution in [-0.2, 0) is 14.3 Å². The van der Waals surface area contributed by atoms with E-state index in [-0.39, 0.29) is 12.1 Å². The van der Waals surface area contributed by atoms with Crippen LogP contribution in [0.5, 0.6) is 5.75 Å². The van der Waals surface area contributed by atoms with Crippen molar-refractivity contribution in [1.29, 1.82) is 0 Å². The minimum atomic E-state index is -0.532. The number of methoxy groups -OCH3 is 2. The summed E-state index contributed by atoms with van der Waals surface area (Å²) in [5.41, 5.74) is 0.566. The number of anilines is 1. The summed E-state index contributed by atoms with van der Waals surface area (Å²) < 4.78 is 23.4. The highest BCUT2D eigenvalue weighted by molar-refractivity contribution is 6.10. The van der Waals surface area contributed by atoms with Gasteiger partial charge in [-0.05, 0) is 30.4 Å². The second-order valence-corrected chi connectivity index (χ2v) is 5.47. The molecule has 0 unspecified atom stereocenters. The van der Waals surface area contributed by atoms with Gasteiger partial charge in [-0.3, -0.25) is 9.59 Å². The third-order valence-corrected chi connectivity index (χ3v) is 3.56. The van der Waals surface area contributed by atoms with Gasteiger partial charge in [0.25, 0.3) is 5.91 Å². The van der Waals surface area contributed by atoms with E-state index < -0.39 is 11.7 Å². The van der Waals surface area contributed by atoms with Crippen LogP contribution in [0, 0.1) is 5.82 Å². The summed E-state index contributed by atoms with van der Waals surface area (Å²) in [5.74, 6) is -0.250. The molecule has 1 N–H and O–H groups in total. The molecule has 0 aromatic heterocycles. The number of rotatable bonds is 10. The maximum absolute atomic E-state index is 13.3. The van der Waals surface area contributed by atoms with Crippen LogP contribution in [0.25, 0.3) is 0 Å². The van der Waals surface area contributed by atoms with Gasteiger partial charge in [0.05, 0.1) is 25.5 Å². The van der Waals surface area contributed by atoms with Crippen molar-refractivity contribution in [2.45, 2.75) is 0 Å². The van der Waals surface area contributed by atoms with Crippen LogP contribution in [0.4, 0.5) is 10.1 Å². The third-order valence-electron chi connectivity index (χ3n) is 3.56. The van der Waals surface area contributed by atoms with Gasteiger partial charge in [-0.2, -0.15) is 0 Å². The summed E-state index contributed by atoms with van der Waals surface area (Å²) in [5, 5.41) is 2.58. The fourth-order valence-corrected chi connectivity index (χ4v) is 2.13. The Hall–Kier alpha value is -3.68. The normalized spacial score (nSPS) is 12.1. The first-order chi connectivity index (χ1) is 14.0. The van der Waals surface area contributed by atoms with Crippen molar-refractivity contribution in [3.05, 3.63) is 72.9 Å². The largest absolute Gasteiger partial charge is 0.494 e. The Balaban J connectivity index is 2.73. The van der Waals surface area contributed by atoms with Crippen LogP contribution in [0.3, 0.4) is 0 Å². The first-order valence-corrected chi connectivity index (χ1v) is 8.54. The van der Waals surface area contributed by atoms with E-state index in [1.807, 2.05) is 0 Å². The Kier molecular flexibility index (Phi) is 10.2. The second-order valence-electron chi connectivity index (χ2n) is 5.47. The van der Waals surface area contributed by atoms with Crippen LogP contribution in [0.1, 0.15) is 0 Å². The van der Waals surface area contributed by atoms with E-state index >= 15 is 0 Å². The van der Waals surface area contributed by atoms with Gasteiger partial charge in [0.15, 0.2) is 6.29 Å². The van der Waals surface area contributed by atoms with E-state index in [1.165, 1.54) is 44.7 Å². The highest BCUT2D eigenvalue weighted by Gasteiger charge is 2.08. The third kappa shape index (κ3) is 7.84. The molecule has 0 atom stereocenters. The molecule has 0 fully saturated rings. The number of carbonyl (C=O) groups excluding carboxylic acids is 2. The smallest absolute Gasteiger partial charge is 0.254 e. The lowest BCUT2D eigenvalue weighted by molar-refractivity contribution is -0.119. The van der Waals surface area contributed by atoms with Gasteiger partial charge in [-0.1, -0.05) is 12.7 Å². The molecule has 1 rings (SSSR count). The summed E-state index contributed by atoms with van der Waals surface area (Å²) in [6.45, 7) is 3.64. The van der Waals surface area contributed by atoms with Crippen LogP contribution < -0.4 is 15.0 Å². The zero-order valence-corrected chi connectivity index (χ0v) is 16.6. The molecule has 1 aromatic carbocycles. The first kappa shape index (κ1) is 23.4. The van der Waals surface area contributed by atoms with E-state index in [2.05, 4.69) is 16.9 Å². The fourth-order valence-electron chi connectivity index (χ4n) is 2.13. The molecule has 8 heteroatoms. The maximum atomic E-state index is 13.3. The number of aldehydes is 1. The number of aliphatic imine (C=N–C) groups is 1. The molecule has 0 bridgehead atoms. The van der Waals surface area contributed by atoms with Crippen LogP contribution in [-0.4, -0.2) is 45.9 Å². The van der Waals surface area contributed by atoms with Crippen molar-refractivity contribution >= 4 is 23.8 Å². The zero-order valence-electron chi connectivity index (χ0n) is 16.6. The Morgan fingerprint density at radius 1 is 1.38 bits per heavy atom.